The third-order valence-electron chi connectivity index (χ3n) is 7.84. The number of allylic oxidation sites excluding steroid dienone is 1. The number of fused-ring (bicyclic) bond motifs is 2. The molecule has 1 nitrogen and oxygen atoms in total. The zero-order valence-electron chi connectivity index (χ0n) is 18.9. The van der Waals surface area contributed by atoms with Gasteiger partial charge in [-0.1, -0.05) is 103 Å². The highest BCUT2D eigenvalue weighted by Crippen LogP contribution is 2.52. The molecule has 0 heterocycles. The zero-order valence-corrected chi connectivity index (χ0v) is 18.9. The lowest BCUT2D eigenvalue weighted by molar-refractivity contribution is 0.306. The molecule has 33 heavy (non-hydrogen) atoms. The van der Waals surface area contributed by atoms with E-state index in [0.717, 1.165) is 5.56 Å². The van der Waals surface area contributed by atoms with Crippen molar-refractivity contribution in [2.75, 3.05) is 0 Å². The molecule has 0 radical (unpaired) electrons. The van der Waals surface area contributed by atoms with Crippen molar-refractivity contribution in [3.05, 3.63) is 119 Å². The van der Waals surface area contributed by atoms with Gasteiger partial charge < -0.3 is 5.41 Å². The summed E-state index contributed by atoms with van der Waals surface area (Å²) in [5.74, 6) is 1.55. The van der Waals surface area contributed by atoms with Crippen molar-refractivity contribution in [3.8, 4) is 0 Å². The van der Waals surface area contributed by atoms with Crippen LogP contribution in [0.1, 0.15) is 65.3 Å². The Balaban J connectivity index is 1.41. The third-order valence-corrected chi connectivity index (χ3v) is 7.84. The molecule has 0 saturated heterocycles. The van der Waals surface area contributed by atoms with Gasteiger partial charge in [0.15, 0.2) is 0 Å². The molecule has 0 spiro atoms. The van der Waals surface area contributed by atoms with Crippen molar-refractivity contribution in [2.45, 2.75) is 37.5 Å². The summed E-state index contributed by atoms with van der Waals surface area (Å²) in [6.45, 7) is 0. The molecule has 2 aliphatic rings. The van der Waals surface area contributed by atoms with Crippen molar-refractivity contribution in [1.82, 2.24) is 0 Å². The van der Waals surface area contributed by atoms with Crippen LogP contribution in [-0.2, 0) is 0 Å². The summed E-state index contributed by atoms with van der Waals surface area (Å²) in [7, 11) is 0. The Morgan fingerprint density at radius 1 is 0.758 bits per heavy atom. The molecule has 0 aromatic heterocycles. The highest BCUT2D eigenvalue weighted by atomic mass is 14.4. The van der Waals surface area contributed by atoms with E-state index in [2.05, 4.69) is 97.1 Å². The molecule has 3 atom stereocenters. The van der Waals surface area contributed by atoms with E-state index in [1.54, 1.807) is 6.21 Å². The fourth-order valence-corrected chi connectivity index (χ4v) is 6.44. The van der Waals surface area contributed by atoms with E-state index in [-0.39, 0.29) is 0 Å². The highest BCUT2D eigenvalue weighted by molar-refractivity contribution is 5.94. The highest BCUT2D eigenvalue weighted by Gasteiger charge is 2.36. The van der Waals surface area contributed by atoms with Gasteiger partial charge in [0.1, 0.15) is 0 Å². The molecule has 1 N–H and O–H groups in total. The third kappa shape index (κ3) is 3.53. The van der Waals surface area contributed by atoms with Crippen LogP contribution in [0.25, 0.3) is 22.4 Å². The Kier molecular flexibility index (Phi) is 5.19. The molecule has 1 fully saturated rings. The quantitative estimate of drug-likeness (QED) is 0.316. The average molecular weight is 428 g/mol. The van der Waals surface area contributed by atoms with E-state index in [9.17, 15) is 0 Å². The molecular formula is C32H29N. The van der Waals surface area contributed by atoms with Crippen LogP contribution in [-0.4, -0.2) is 6.21 Å². The van der Waals surface area contributed by atoms with Crippen LogP contribution in [0.2, 0.25) is 0 Å². The van der Waals surface area contributed by atoms with Gasteiger partial charge in [-0.3, -0.25) is 0 Å². The summed E-state index contributed by atoms with van der Waals surface area (Å²) in [5, 5.41) is 10.7. The van der Waals surface area contributed by atoms with Crippen molar-refractivity contribution in [2.24, 2.45) is 5.92 Å². The fourth-order valence-electron chi connectivity index (χ4n) is 6.44. The first-order chi connectivity index (χ1) is 16.3. The lowest BCUT2D eigenvalue weighted by Gasteiger charge is -2.36. The van der Waals surface area contributed by atoms with Crippen LogP contribution in [0.15, 0.2) is 91.0 Å². The lowest BCUT2D eigenvalue weighted by atomic mass is 9.68. The number of benzene rings is 4. The monoisotopic (exact) mass is 427 g/mol. The van der Waals surface area contributed by atoms with E-state index >= 15 is 0 Å². The van der Waals surface area contributed by atoms with Gasteiger partial charge in [-0.2, -0.15) is 0 Å². The number of nitrogens with one attached hydrogen (secondary N) is 1. The molecule has 3 unspecified atom stereocenters. The maximum Gasteiger partial charge on any atom is 0.0253 e. The van der Waals surface area contributed by atoms with Crippen LogP contribution in [0.5, 0.6) is 0 Å². The Hall–Kier alpha value is -3.45. The summed E-state index contributed by atoms with van der Waals surface area (Å²) in [5.41, 5.74) is 8.19. The van der Waals surface area contributed by atoms with Gasteiger partial charge in [0.25, 0.3) is 0 Å². The molecule has 0 amide bonds. The molecule has 2 aliphatic carbocycles. The van der Waals surface area contributed by atoms with Crippen LogP contribution < -0.4 is 0 Å². The van der Waals surface area contributed by atoms with E-state index in [1.807, 2.05) is 0 Å². The average Bonchev–Trinajstić information content (AvgIpc) is 3.28. The smallest absolute Gasteiger partial charge is 0.0253 e. The number of hydrogen-bond donors (Lipinski definition) is 1. The summed E-state index contributed by atoms with van der Waals surface area (Å²) < 4.78 is 0. The Morgan fingerprint density at radius 3 is 2.42 bits per heavy atom. The summed E-state index contributed by atoms with van der Waals surface area (Å²) in [6, 6.07) is 33.0. The van der Waals surface area contributed by atoms with Crippen LogP contribution in [0, 0.1) is 11.3 Å². The van der Waals surface area contributed by atoms with Crippen molar-refractivity contribution >= 4 is 28.6 Å². The van der Waals surface area contributed by atoms with Crippen molar-refractivity contribution in [1.29, 1.82) is 5.41 Å². The second-order valence-corrected chi connectivity index (χ2v) is 9.63. The van der Waals surface area contributed by atoms with Gasteiger partial charge in [-0.15, -0.1) is 0 Å². The molecule has 0 aliphatic heterocycles. The molecule has 4 aromatic rings. The van der Waals surface area contributed by atoms with Gasteiger partial charge in [0.2, 0.25) is 0 Å². The van der Waals surface area contributed by atoms with Gasteiger partial charge >= 0.3 is 0 Å². The van der Waals surface area contributed by atoms with E-state index in [1.165, 1.54) is 64.3 Å². The Morgan fingerprint density at radius 2 is 1.55 bits per heavy atom. The molecule has 0 bridgehead atoms. The molecule has 162 valence electrons. The maximum absolute atomic E-state index is 8.10. The zero-order chi connectivity index (χ0) is 22.2. The van der Waals surface area contributed by atoms with Crippen LogP contribution >= 0.6 is 0 Å². The van der Waals surface area contributed by atoms with Gasteiger partial charge in [0, 0.05) is 12.1 Å². The van der Waals surface area contributed by atoms with Crippen LogP contribution in [0.4, 0.5) is 0 Å². The Bertz CT molecular complexity index is 1350. The van der Waals surface area contributed by atoms with Crippen molar-refractivity contribution < 1.29 is 0 Å². The summed E-state index contributed by atoms with van der Waals surface area (Å²) >= 11 is 0. The minimum absolute atomic E-state index is 0.449. The summed E-state index contributed by atoms with van der Waals surface area (Å²) in [6.07, 6.45) is 8.90. The Labute approximate surface area is 196 Å². The molecule has 4 aromatic carbocycles. The largest absolute Gasteiger partial charge is 0.308 e. The van der Waals surface area contributed by atoms with Gasteiger partial charge in [-0.25, -0.2) is 0 Å². The van der Waals surface area contributed by atoms with E-state index in [4.69, 9.17) is 5.41 Å². The first kappa shape index (κ1) is 20.2. The minimum atomic E-state index is 0.449. The standard InChI is InChI=1S/C32H29N/c33-21-27-18-17-23-11-4-6-15-28(23)31(27)25-13-8-14-26(19-25)32-29-16-7-5-12-24(29)20-30(32)22-9-2-1-3-10-22/h1-7,9-12,15-18,20-21,25-26,32-33H,8,13-14,19H2. The fraction of sp³-hybridized carbons (Fsp3) is 0.219. The van der Waals surface area contributed by atoms with Gasteiger partial charge in [-0.05, 0) is 75.3 Å². The molecular weight excluding hydrogens is 398 g/mol. The second-order valence-electron chi connectivity index (χ2n) is 9.63. The molecule has 1 saturated carbocycles. The number of hydrogen-bond acceptors (Lipinski definition) is 1. The van der Waals surface area contributed by atoms with Crippen LogP contribution in [0.3, 0.4) is 0 Å². The topological polar surface area (TPSA) is 23.9 Å². The van der Waals surface area contributed by atoms with Gasteiger partial charge in [0.05, 0.1) is 0 Å². The SMILES string of the molecule is N=Cc1ccc2ccccc2c1C1CCCC(C2C(c3ccccc3)=Cc3ccccc32)C1. The predicted molar refractivity (Wildman–Crippen MR) is 140 cm³/mol. The maximum atomic E-state index is 8.10. The lowest BCUT2D eigenvalue weighted by Crippen LogP contribution is -2.22. The first-order valence-corrected chi connectivity index (χ1v) is 12.2. The molecule has 6 rings (SSSR count). The minimum Gasteiger partial charge on any atom is -0.308 e. The van der Waals surface area contributed by atoms with E-state index < -0.39 is 0 Å². The first-order valence-electron chi connectivity index (χ1n) is 12.2. The van der Waals surface area contributed by atoms with E-state index in [0.29, 0.717) is 17.8 Å². The number of rotatable bonds is 4. The summed E-state index contributed by atoms with van der Waals surface area (Å²) in [4.78, 5) is 0. The predicted octanol–water partition coefficient (Wildman–Crippen LogP) is 8.45. The normalized spacial score (nSPS) is 22.1. The molecule has 1 heteroatoms. The second kappa shape index (κ2) is 8.48. The van der Waals surface area contributed by atoms with Crippen molar-refractivity contribution in [3.63, 3.8) is 0 Å².